The van der Waals surface area contributed by atoms with Gasteiger partial charge < -0.3 is 0 Å². The number of rotatable bonds is 4. The minimum absolute atomic E-state index is 0.144. The zero-order valence-corrected chi connectivity index (χ0v) is 11.2. The van der Waals surface area contributed by atoms with Crippen molar-refractivity contribution in [2.75, 3.05) is 6.26 Å². The highest BCUT2D eigenvalue weighted by molar-refractivity contribution is 9.10. The summed E-state index contributed by atoms with van der Waals surface area (Å²) in [5.41, 5.74) is 0.00956. The number of hydrogen-bond acceptors (Lipinski definition) is 4. The molecule has 1 aromatic rings. The van der Waals surface area contributed by atoms with Crippen LogP contribution in [0.2, 0.25) is 0 Å². The van der Waals surface area contributed by atoms with Gasteiger partial charge in [0, 0.05) is 11.0 Å². The van der Waals surface area contributed by atoms with Crippen molar-refractivity contribution < 1.29 is 9.72 Å². The maximum Gasteiger partial charge on any atom is 0.280 e. The average molecular weight is 304 g/mol. The van der Waals surface area contributed by atoms with Gasteiger partial charge in [-0.1, -0.05) is 15.9 Å². The number of nitro groups is 1. The highest BCUT2D eigenvalue weighted by atomic mass is 79.9. The van der Waals surface area contributed by atoms with Crippen molar-refractivity contribution in [1.29, 1.82) is 0 Å². The quantitative estimate of drug-likeness (QED) is 0.281. The number of halogens is 1. The molecule has 0 saturated carbocycles. The summed E-state index contributed by atoms with van der Waals surface area (Å²) >= 11 is 4.57. The molecule has 0 N–H and O–H groups in total. The fraction of sp³-hybridized carbons (Fsp3) is 0.300. The molecule has 0 fully saturated rings. The lowest BCUT2D eigenvalue weighted by molar-refractivity contribution is -0.385. The number of nitro benzene ring substituents is 1. The molecule has 0 aliphatic carbocycles. The first-order chi connectivity index (χ1) is 7.47. The van der Waals surface area contributed by atoms with E-state index in [1.165, 1.54) is 17.8 Å². The van der Waals surface area contributed by atoms with Gasteiger partial charge in [-0.3, -0.25) is 14.9 Å². The van der Waals surface area contributed by atoms with Crippen LogP contribution in [0.4, 0.5) is 5.69 Å². The summed E-state index contributed by atoms with van der Waals surface area (Å²) in [5, 5.41) is 10.8. The summed E-state index contributed by atoms with van der Waals surface area (Å²) in [4.78, 5) is 22.4. The van der Waals surface area contributed by atoms with Gasteiger partial charge in [0.05, 0.1) is 15.3 Å². The number of hydrogen-bond donors (Lipinski definition) is 0. The number of carbonyl (C=O) groups excluding carboxylic acids is 1. The van der Waals surface area contributed by atoms with Crippen LogP contribution in [0.25, 0.3) is 0 Å². The minimum Gasteiger partial charge on any atom is -0.293 e. The molecular weight excluding hydrogens is 294 g/mol. The largest absolute Gasteiger partial charge is 0.293 e. The Morgan fingerprint density at radius 3 is 2.62 bits per heavy atom. The highest BCUT2D eigenvalue weighted by Crippen LogP contribution is 2.26. The normalized spacial score (nSPS) is 12.2. The van der Waals surface area contributed by atoms with Crippen LogP contribution >= 0.6 is 27.7 Å². The van der Waals surface area contributed by atoms with Crippen LogP contribution in [0.1, 0.15) is 17.3 Å². The number of thioether (sulfide) groups is 1. The molecule has 0 heterocycles. The predicted molar refractivity (Wildman–Crippen MR) is 67.6 cm³/mol. The van der Waals surface area contributed by atoms with E-state index in [4.69, 9.17) is 0 Å². The number of Topliss-reactive ketones (excluding diaryl/α,β-unsaturated/α-hetero) is 1. The van der Waals surface area contributed by atoms with Gasteiger partial charge in [-0.2, -0.15) is 0 Å². The van der Waals surface area contributed by atoms with Crippen molar-refractivity contribution in [3.8, 4) is 0 Å². The molecule has 4 nitrogen and oxygen atoms in total. The zero-order valence-electron chi connectivity index (χ0n) is 8.77. The topological polar surface area (TPSA) is 60.2 Å². The van der Waals surface area contributed by atoms with Crippen molar-refractivity contribution in [3.63, 3.8) is 0 Å². The summed E-state index contributed by atoms with van der Waals surface area (Å²) in [7, 11) is 0. The number of nitrogens with zero attached hydrogens (tertiary/aromatic N) is 1. The van der Waals surface area contributed by atoms with Crippen molar-refractivity contribution in [3.05, 3.63) is 33.9 Å². The molecule has 1 unspecified atom stereocenters. The first-order valence-electron chi connectivity index (χ1n) is 4.48. The molecular formula is C10H10BrNO3S. The molecule has 6 heteroatoms. The van der Waals surface area contributed by atoms with Gasteiger partial charge >= 0.3 is 0 Å². The fourth-order valence-electron chi connectivity index (χ4n) is 1.21. The monoisotopic (exact) mass is 303 g/mol. The zero-order chi connectivity index (χ0) is 12.3. The van der Waals surface area contributed by atoms with Crippen molar-refractivity contribution >= 4 is 39.2 Å². The lowest BCUT2D eigenvalue weighted by Crippen LogP contribution is -2.12. The lowest BCUT2D eigenvalue weighted by Gasteiger charge is -2.05. The van der Waals surface area contributed by atoms with Crippen molar-refractivity contribution in [2.24, 2.45) is 0 Å². The molecule has 0 spiro atoms. The fourth-order valence-corrected chi connectivity index (χ4v) is 1.90. The molecule has 86 valence electrons. The molecule has 0 radical (unpaired) electrons. The van der Waals surface area contributed by atoms with Crippen LogP contribution in [0.3, 0.4) is 0 Å². The SMILES string of the molecule is CSc1ccc([N+](=O)[O-])c(C(=O)C(C)Br)c1. The van der Waals surface area contributed by atoms with Gasteiger partial charge in [0.25, 0.3) is 5.69 Å². The van der Waals surface area contributed by atoms with Gasteiger partial charge in [-0.05, 0) is 25.3 Å². The third-order valence-electron chi connectivity index (χ3n) is 2.03. The third-order valence-corrected chi connectivity index (χ3v) is 3.17. The van der Waals surface area contributed by atoms with E-state index in [0.29, 0.717) is 0 Å². The van der Waals surface area contributed by atoms with Gasteiger partial charge in [0.15, 0.2) is 5.78 Å². The first-order valence-corrected chi connectivity index (χ1v) is 6.62. The van der Waals surface area contributed by atoms with E-state index < -0.39 is 9.75 Å². The number of ketones is 1. The van der Waals surface area contributed by atoms with E-state index in [9.17, 15) is 14.9 Å². The van der Waals surface area contributed by atoms with Gasteiger partial charge in [-0.25, -0.2) is 0 Å². The molecule has 0 amide bonds. The van der Waals surface area contributed by atoms with Crippen LogP contribution in [0.5, 0.6) is 0 Å². The molecule has 0 aromatic heterocycles. The summed E-state index contributed by atoms with van der Waals surface area (Å²) in [5.74, 6) is -0.275. The van der Waals surface area contributed by atoms with E-state index in [2.05, 4.69) is 15.9 Å². The van der Waals surface area contributed by atoms with E-state index >= 15 is 0 Å². The van der Waals surface area contributed by atoms with E-state index in [1.807, 2.05) is 6.26 Å². The molecule has 1 aromatic carbocycles. The third kappa shape index (κ3) is 2.82. The molecule has 1 rings (SSSR count). The van der Waals surface area contributed by atoms with Crippen molar-refractivity contribution in [2.45, 2.75) is 16.6 Å². The first kappa shape index (κ1) is 13.2. The standard InChI is InChI=1S/C10H10BrNO3S/c1-6(11)10(13)8-5-7(16-2)3-4-9(8)12(14)15/h3-6H,1-2H3. The number of alkyl halides is 1. The molecule has 1 atom stereocenters. The molecule has 16 heavy (non-hydrogen) atoms. The summed E-state index contributed by atoms with van der Waals surface area (Å²) in [6.45, 7) is 1.65. The van der Waals surface area contributed by atoms with Crippen LogP contribution in [0.15, 0.2) is 23.1 Å². The van der Waals surface area contributed by atoms with Crippen molar-refractivity contribution in [1.82, 2.24) is 0 Å². The predicted octanol–water partition coefficient (Wildman–Crippen LogP) is 3.28. The van der Waals surface area contributed by atoms with E-state index in [-0.39, 0.29) is 17.0 Å². The average Bonchev–Trinajstić information content (AvgIpc) is 2.26. The Bertz CT molecular complexity index is 434. The van der Waals surface area contributed by atoms with E-state index in [1.54, 1.807) is 19.1 Å². The Morgan fingerprint density at radius 1 is 1.56 bits per heavy atom. The van der Waals surface area contributed by atoms with Crippen LogP contribution in [0, 0.1) is 10.1 Å². The number of carbonyl (C=O) groups is 1. The Labute approximate surface area is 106 Å². The summed E-state index contributed by atoms with van der Waals surface area (Å²) in [6.07, 6.45) is 1.85. The number of benzene rings is 1. The highest BCUT2D eigenvalue weighted by Gasteiger charge is 2.23. The van der Waals surface area contributed by atoms with Crippen LogP contribution in [-0.2, 0) is 0 Å². The summed E-state index contributed by atoms with van der Waals surface area (Å²) in [6, 6.07) is 4.57. The second kappa shape index (κ2) is 5.45. The van der Waals surface area contributed by atoms with E-state index in [0.717, 1.165) is 4.90 Å². The van der Waals surface area contributed by atoms with Gasteiger partial charge in [0.2, 0.25) is 0 Å². The second-order valence-corrected chi connectivity index (χ2v) is 5.37. The van der Waals surface area contributed by atoms with Crippen LogP contribution < -0.4 is 0 Å². The van der Waals surface area contributed by atoms with Gasteiger partial charge in [-0.15, -0.1) is 11.8 Å². The van der Waals surface area contributed by atoms with Gasteiger partial charge in [0.1, 0.15) is 0 Å². The molecule has 0 aliphatic rings. The van der Waals surface area contributed by atoms with Crippen LogP contribution in [-0.4, -0.2) is 21.8 Å². The summed E-state index contributed by atoms with van der Waals surface area (Å²) < 4.78 is 0. The minimum atomic E-state index is -0.535. The lowest BCUT2D eigenvalue weighted by atomic mass is 10.1. The maximum atomic E-state index is 11.8. The smallest absolute Gasteiger partial charge is 0.280 e. The Hall–Kier alpha value is -0.880. The molecule has 0 bridgehead atoms. The molecule has 0 aliphatic heterocycles. The Morgan fingerprint density at radius 2 is 2.19 bits per heavy atom. The molecule has 0 saturated heterocycles. The maximum absolute atomic E-state index is 11.8. The Balaban J connectivity index is 3.31. The second-order valence-electron chi connectivity index (χ2n) is 3.12. The Kier molecular flexibility index (Phi) is 4.49.